The van der Waals surface area contributed by atoms with E-state index < -0.39 is 25.2 Å². The summed E-state index contributed by atoms with van der Waals surface area (Å²) < 4.78 is 14.5. The topological polar surface area (TPSA) is 165 Å². The fourth-order valence-electron chi connectivity index (χ4n) is 1.64. The van der Waals surface area contributed by atoms with E-state index in [-0.39, 0.29) is 17.1 Å². The minimum absolute atomic E-state index is 0.100. The van der Waals surface area contributed by atoms with E-state index >= 15 is 0 Å². The monoisotopic (exact) mass is 344 g/mol. The summed E-state index contributed by atoms with van der Waals surface area (Å²) in [5.41, 5.74) is -0.301. The number of carbonyl (C=O) groups is 3. The van der Waals surface area contributed by atoms with Gasteiger partial charge in [0, 0.05) is 18.6 Å². The molecule has 0 saturated heterocycles. The summed E-state index contributed by atoms with van der Waals surface area (Å²) in [5, 5.41) is 18.1. The third kappa shape index (κ3) is 3.90. The van der Waals surface area contributed by atoms with Gasteiger partial charge in [0.05, 0.1) is 0 Å². The van der Waals surface area contributed by atoms with Gasteiger partial charge in [0.2, 0.25) is 0 Å². The third-order valence-electron chi connectivity index (χ3n) is 2.74. The van der Waals surface area contributed by atoms with Crippen molar-refractivity contribution in [2.75, 3.05) is 0 Å². The second-order valence-corrected chi connectivity index (χ2v) is 4.38. The molecule has 0 unspecified atom stereocenters. The molecule has 3 aromatic rings. The third-order valence-corrected chi connectivity index (χ3v) is 2.74. The van der Waals surface area contributed by atoms with E-state index in [2.05, 4.69) is 30.6 Å². The first kappa shape index (κ1) is 16.0. The van der Waals surface area contributed by atoms with Gasteiger partial charge in [-0.05, 0) is 18.2 Å². The van der Waals surface area contributed by atoms with E-state index in [0.29, 0.717) is 0 Å². The Balaban J connectivity index is 1.71. The van der Waals surface area contributed by atoms with Gasteiger partial charge in [0.25, 0.3) is 0 Å². The Labute approximate surface area is 139 Å². The van der Waals surface area contributed by atoms with Crippen LogP contribution in [0, 0.1) is 0 Å². The summed E-state index contributed by atoms with van der Waals surface area (Å²) in [7, 11) is -1.96. The van der Waals surface area contributed by atoms with Crippen LogP contribution >= 0.6 is 0 Å². The highest BCUT2D eigenvalue weighted by atomic mass is 16.8. The van der Waals surface area contributed by atoms with Gasteiger partial charge in [-0.3, -0.25) is 15.3 Å². The summed E-state index contributed by atoms with van der Waals surface area (Å²) in [6.07, 6.45) is 4.16. The van der Waals surface area contributed by atoms with Gasteiger partial charge in [-0.1, -0.05) is 0 Å². The molecule has 0 saturated carbocycles. The first-order valence-corrected chi connectivity index (χ1v) is 6.76. The molecule has 0 amide bonds. The molecule has 0 bridgehead atoms. The van der Waals surface area contributed by atoms with Crippen molar-refractivity contribution < 1.29 is 28.3 Å². The molecule has 12 nitrogen and oxygen atoms in total. The van der Waals surface area contributed by atoms with E-state index in [0.717, 1.165) is 0 Å². The second kappa shape index (κ2) is 7.12. The largest absolute Gasteiger partial charge is 0.870 e. The smallest absolute Gasteiger partial charge is 0.457 e. The molecule has 0 aliphatic heterocycles. The maximum absolute atomic E-state index is 11.9. The van der Waals surface area contributed by atoms with Crippen LogP contribution in [0.15, 0.2) is 36.8 Å². The van der Waals surface area contributed by atoms with Gasteiger partial charge in [-0.25, -0.2) is 14.4 Å². The first-order chi connectivity index (χ1) is 12.1. The highest BCUT2D eigenvalue weighted by molar-refractivity contribution is 6.45. The van der Waals surface area contributed by atoms with Crippen LogP contribution in [0.25, 0.3) is 0 Å². The van der Waals surface area contributed by atoms with E-state index in [1.54, 1.807) is 0 Å². The van der Waals surface area contributed by atoms with Crippen molar-refractivity contribution in [3.8, 4) is 0 Å². The van der Waals surface area contributed by atoms with Crippen LogP contribution in [0.1, 0.15) is 31.5 Å². The maximum Gasteiger partial charge on any atom is 0.870 e. The lowest BCUT2D eigenvalue weighted by atomic mass is 10.2. The standard InChI is InChI=1S/C12H9BN6O6/c20-10(7-1-4-14-17-7)23-13(24-11(21)8-2-5-15-18-8)25-12(22)9-3-6-16-19-9/h1-6H,(H,14,17)(H,15,18)(H,16,19). The Bertz CT molecular complexity index is 732. The second-order valence-electron chi connectivity index (χ2n) is 4.38. The van der Waals surface area contributed by atoms with Crippen LogP contribution in [0.4, 0.5) is 0 Å². The number of hydrogen-bond acceptors (Lipinski definition) is 9. The summed E-state index contributed by atoms with van der Waals surface area (Å²) in [6.45, 7) is 0. The van der Waals surface area contributed by atoms with E-state index in [1.807, 2.05) is 0 Å². The molecule has 0 aliphatic rings. The number of carbonyl (C=O) groups excluding carboxylic acids is 3. The maximum atomic E-state index is 11.9. The van der Waals surface area contributed by atoms with Crippen molar-refractivity contribution in [1.29, 1.82) is 0 Å². The molecule has 3 rings (SSSR count). The van der Waals surface area contributed by atoms with Crippen molar-refractivity contribution in [3.63, 3.8) is 0 Å². The molecule has 0 atom stereocenters. The number of nitrogens with zero attached hydrogens (tertiary/aromatic N) is 3. The van der Waals surface area contributed by atoms with Crippen LogP contribution in [0.5, 0.6) is 0 Å². The molecule has 0 spiro atoms. The van der Waals surface area contributed by atoms with Crippen LogP contribution in [0.3, 0.4) is 0 Å². The molecule has 3 aromatic heterocycles. The van der Waals surface area contributed by atoms with Crippen molar-refractivity contribution in [3.05, 3.63) is 53.9 Å². The summed E-state index contributed by atoms with van der Waals surface area (Å²) in [4.78, 5) is 35.8. The Hall–Kier alpha value is -3.90. The summed E-state index contributed by atoms with van der Waals surface area (Å²) in [6, 6.07) is 3.97. The number of aromatic nitrogens is 6. The fraction of sp³-hybridized carbons (Fsp3) is 0. The van der Waals surface area contributed by atoms with Crippen LogP contribution < -0.4 is 0 Å². The molecular formula is C12H9BN6O6. The van der Waals surface area contributed by atoms with Gasteiger partial charge in [-0.2, -0.15) is 15.3 Å². The highest BCUT2D eigenvalue weighted by Crippen LogP contribution is 2.07. The number of hydrogen-bond donors (Lipinski definition) is 3. The lowest BCUT2D eigenvalue weighted by Crippen LogP contribution is -2.35. The average Bonchev–Trinajstić information content (AvgIpc) is 3.38. The molecule has 0 aliphatic carbocycles. The molecular weight excluding hydrogens is 335 g/mol. The van der Waals surface area contributed by atoms with Crippen LogP contribution in [0.2, 0.25) is 0 Å². The van der Waals surface area contributed by atoms with Crippen LogP contribution in [-0.4, -0.2) is 55.8 Å². The predicted molar refractivity (Wildman–Crippen MR) is 77.8 cm³/mol. The molecule has 3 heterocycles. The van der Waals surface area contributed by atoms with Crippen molar-refractivity contribution in [2.24, 2.45) is 0 Å². The lowest BCUT2D eigenvalue weighted by molar-refractivity contribution is 0.0402. The predicted octanol–water partition coefficient (Wildman–Crippen LogP) is -0.288. The SMILES string of the molecule is O=C(OB(OC(=O)c1cc[nH]n1)OC(=O)c1cc[nH]n1)c1cc[nH]n1. The Kier molecular flexibility index (Phi) is 4.55. The number of H-pyrrole nitrogens is 3. The molecule has 126 valence electrons. The summed E-state index contributed by atoms with van der Waals surface area (Å²) in [5.74, 6) is -2.93. The summed E-state index contributed by atoms with van der Waals surface area (Å²) >= 11 is 0. The van der Waals surface area contributed by atoms with Crippen molar-refractivity contribution >= 4 is 25.2 Å². The fourth-order valence-corrected chi connectivity index (χ4v) is 1.64. The zero-order chi connectivity index (χ0) is 17.6. The molecule has 3 N–H and O–H groups in total. The number of rotatable bonds is 6. The Morgan fingerprint density at radius 2 is 1.00 bits per heavy atom. The van der Waals surface area contributed by atoms with Crippen molar-refractivity contribution in [1.82, 2.24) is 30.6 Å². The Morgan fingerprint density at radius 1 is 0.680 bits per heavy atom. The van der Waals surface area contributed by atoms with Gasteiger partial charge < -0.3 is 14.0 Å². The van der Waals surface area contributed by atoms with Crippen LogP contribution in [-0.2, 0) is 14.0 Å². The molecule has 25 heavy (non-hydrogen) atoms. The first-order valence-electron chi connectivity index (χ1n) is 6.76. The van der Waals surface area contributed by atoms with Gasteiger partial charge in [0.1, 0.15) is 0 Å². The van der Waals surface area contributed by atoms with E-state index in [9.17, 15) is 14.4 Å². The average molecular weight is 344 g/mol. The molecule has 0 radical (unpaired) electrons. The number of aromatic amines is 3. The zero-order valence-electron chi connectivity index (χ0n) is 12.3. The normalized spacial score (nSPS) is 10.1. The molecule has 0 fully saturated rings. The highest BCUT2D eigenvalue weighted by Gasteiger charge is 2.38. The number of nitrogens with one attached hydrogen (secondary N) is 3. The molecule has 13 heteroatoms. The minimum Gasteiger partial charge on any atom is -0.457 e. The van der Waals surface area contributed by atoms with Gasteiger partial charge in [0.15, 0.2) is 17.1 Å². The van der Waals surface area contributed by atoms with E-state index in [4.69, 9.17) is 14.0 Å². The Morgan fingerprint density at radius 3 is 1.24 bits per heavy atom. The van der Waals surface area contributed by atoms with Crippen molar-refractivity contribution in [2.45, 2.75) is 0 Å². The van der Waals surface area contributed by atoms with Gasteiger partial charge in [-0.15, -0.1) is 0 Å². The lowest BCUT2D eigenvalue weighted by Gasteiger charge is -2.11. The van der Waals surface area contributed by atoms with E-state index in [1.165, 1.54) is 36.8 Å². The molecule has 0 aromatic carbocycles. The zero-order valence-corrected chi connectivity index (χ0v) is 12.3. The van der Waals surface area contributed by atoms with Gasteiger partial charge >= 0.3 is 25.2 Å². The quantitative estimate of drug-likeness (QED) is 0.509. The minimum atomic E-state index is -1.96.